The Morgan fingerprint density at radius 3 is 1.25 bits per heavy atom. The smallest absolute Gasteiger partial charge is 0.220 e. The normalized spacial score (nSPS) is 13.8. The molecular weight excluding hydrogens is 651 g/mol. The number of carbonyl (C=O) groups excluding carboxylic acids is 1. The number of nitrogens with one attached hydrogen (secondary N) is 1. The van der Waals surface area contributed by atoms with Crippen molar-refractivity contribution in [3.05, 3.63) is 85.1 Å². The molecule has 53 heavy (non-hydrogen) atoms. The second kappa shape index (κ2) is 44.0. The first kappa shape index (κ1) is 50.6. The number of unbranched alkanes of at least 4 members (excludes halogenated alkanes) is 20. The van der Waals surface area contributed by atoms with Gasteiger partial charge in [-0.1, -0.05) is 208 Å². The van der Waals surface area contributed by atoms with Gasteiger partial charge in [0.25, 0.3) is 0 Å². The maximum Gasteiger partial charge on any atom is 0.220 e. The standard InChI is InChI=1S/C49H85NO3/c1-3-5-7-9-11-13-15-17-19-21-22-23-24-25-26-27-28-29-31-33-35-37-39-41-43-45-49(53)50-47(46-51)48(52)44-42-40-38-36-34-32-30-20-18-16-14-12-10-8-6-4-2/h5,7,11,13,17,19,22-23,25-26,28-29,42,44,47-48,51-52H,3-4,6,8-10,12,14-16,18,20-21,24,27,30-41,43,45-46H2,1-2H3,(H,50,53)/b7-5-,13-11-,19-17-,23-22-,26-25-,29-28-,44-42+. The van der Waals surface area contributed by atoms with Gasteiger partial charge in [-0.3, -0.25) is 4.79 Å². The van der Waals surface area contributed by atoms with Gasteiger partial charge < -0.3 is 15.5 Å². The predicted octanol–water partition coefficient (Wildman–Crippen LogP) is 14.1. The molecule has 0 rings (SSSR count). The van der Waals surface area contributed by atoms with Crippen LogP contribution in [0.2, 0.25) is 0 Å². The summed E-state index contributed by atoms with van der Waals surface area (Å²) in [5.74, 6) is -0.0823. The van der Waals surface area contributed by atoms with Crippen LogP contribution < -0.4 is 5.32 Å². The van der Waals surface area contributed by atoms with Gasteiger partial charge in [-0.25, -0.2) is 0 Å². The minimum atomic E-state index is -0.850. The highest BCUT2D eigenvalue weighted by Gasteiger charge is 2.17. The lowest BCUT2D eigenvalue weighted by Crippen LogP contribution is -2.45. The Kier molecular flexibility index (Phi) is 42.0. The molecule has 0 aromatic carbocycles. The molecule has 0 bridgehead atoms. The summed E-state index contributed by atoms with van der Waals surface area (Å²) in [4.78, 5) is 12.4. The van der Waals surface area contributed by atoms with E-state index in [2.05, 4.69) is 92.1 Å². The van der Waals surface area contributed by atoms with Crippen molar-refractivity contribution in [2.75, 3.05) is 6.61 Å². The van der Waals surface area contributed by atoms with Crippen LogP contribution in [0.3, 0.4) is 0 Å². The molecule has 3 N–H and O–H groups in total. The van der Waals surface area contributed by atoms with Gasteiger partial charge in [0.1, 0.15) is 0 Å². The second-order valence-electron chi connectivity index (χ2n) is 14.7. The number of hydrogen-bond acceptors (Lipinski definition) is 3. The van der Waals surface area contributed by atoms with E-state index in [-0.39, 0.29) is 12.5 Å². The van der Waals surface area contributed by atoms with Crippen molar-refractivity contribution < 1.29 is 15.0 Å². The third kappa shape index (κ3) is 40.6. The minimum Gasteiger partial charge on any atom is -0.394 e. The second-order valence-corrected chi connectivity index (χ2v) is 14.7. The van der Waals surface area contributed by atoms with Gasteiger partial charge in [0.05, 0.1) is 18.8 Å². The molecule has 0 aliphatic rings. The topological polar surface area (TPSA) is 69.6 Å². The van der Waals surface area contributed by atoms with E-state index >= 15 is 0 Å². The fourth-order valence-electron chi connectivity index (χ4n) is 6.24. The van der Waals surface area contributed by atoms with E-state index in [0.29, 0.717) is 6.42 Å². The van der Waals surface area contributed by atoms with Crippen molar-refractivity contribution in [2.45, 2.75) is 212 Å². The Morgan fingerprint density at radius 1 is 0.472 bits per heavy atom. The summed E-state index contributed by atoms with van der Waals surface area (Å²) in [6, 6.07) is -0.635. The fraction of sp³-hybridized carbons (Fsp3) is 0.694. The van der Waals surface area contributed by atoms with Gasteiger partial charge in [0, 0.05) is 6.42 Å². The molecule has 0 aliphatic heterocycles. The highest BCUT2D eigenvalue weighted by molar-refractivity contribution is 5.76. The van der Waals surface area contributed by atoms with Gasteiger partial charge in [-0.05, 0) is 70.6 Å². The molecule has 304 valence electrons. The van der Waals surface area contributed by atoms with Crippen molar-refractivity contribution >= 4 is 5.91 Å². The van der Waals surface area contributed by atoms with Crippen LogP contribution in [0.5, 0.6) is 0 Å². The highest BCUT2D eigenvalue weighted by atomic mass is 16.3. The Bertz CT molecular complexity index is 972. The highest BCUT2D eigenvalue weighted by Crippen LogP contribution is 2.14. The van der Waals surface area contributed by atoms with Gasteiger partial charge in [0.2, 0.25) is 5.91 Å². The molecule has 0 fully saturated rings. The van der Waals surface area contributed by atoms with E-state index in [0.717, 1.165) is 77.0 Å². The molecule has 0 aliphatic carbocycles. The summed E-state index contributed by atoms with van der Waals surface area (Å²) in [6.45, 7) is 4.18. The van der Waals surface area contributed by atoms with Crippen LogP contribution in [0, 0.1) is 0 Å². The maximum absolute atomic E-state index is 12.4. The first-order chi connectivity index (χ1) is 26.2. The Balaban J connectivity index is 3.66. The lowest BCUT2D eigenvalue weighted by molar-refractivity contribution is -0.123. The number of aliphatic hydroxyl groups is 2. The zero-order chi connectivity index (χ0) is 38.6. The predicted molar refractivity (Wildman–Crippen MR) is 234 cm³/mol. The van der Waals surface area contributed by atoms with E-state index in [1.165, 1.54) is 103 Å². The molecule has 4 heteroatoms. The first-order valence-corrected chi connectivity index (χ1v) is 22.3. The molecule has 1 amide bonds. The van der Waals surface area contributed by atoms with Crippen LogP contribution in [-0.4, -0.2) is 34.9 Å². The van der Waals surface area contributed by atoms with Crippen molar-refractivity contribution in [1.82, 2.24) is 5.32 Å². The van der Waals surface area contributed by atoms with E-state index < -0.39 is 12.1 Å². The average Bonchev–Trinajstić information content (AvgIpc) is 3.16. The van der Waals surface area contributed by atoms with E-state index in [4.69, 9.17) is 0 Å². The fourth-order valence-corrected chi connectivity index (χ4v) is 6.24. The van der Waals surface area contributed by atoms with Crippen LogP contribution in [0.4, 0.5) is 0 Å². The van der Waals surface area contributed by atoms with Gasteiger partial charge in [0.15, 0.2) is 0 Å². The molecule has 0 saturated heterocycles. The van der Waals surface area contributed by atoms with E-state index in [9.17, 15) is 15.0 Å². The number of allylic oxidation sites excluding steroid dienone is 13. The van der Waals surface area contributed by atoms with Crippen molar-refractivity contribution in [2.24, 2.45) is 0 Å². The largest absolute Gasteiger partial charge is 0.394 e. The molecule has 4 nitrogen and oxygen atoms in total. The molecule has 0 radical (unpaired) electrons. The quantitative estimate of drug-likeness (QED) is 0.0435. The van der Waals surface area contributed by atoms with Crippen LogP contribution in [-0.2, 0) is 4.79 Å². The minimum absolute atomic E-state index is 0.0823. The maximum atomic E-state index is 12.4. The number of rotatable bonds is 39. The number of amides is 1. The van der Waals surface area contributed by atoms with E-state index in [1.54, 1.807) is 6.08 Å². The zero-order valence-corrected chi connectivity index (χ0v) is 34.8. The third-order valence-electron chi connectivity index (χ3n) is 9.63. The Labute approximate surface area is 329 Å². The van der Waals surface area contributed by atoms with Crippen LogP contribution in [0.1, 0.15) is 200 Å². The molecule has 0 heterocycles. The Hall–Kier alpha value is -2.43. The van der Waals surface area contributed by atoms with Crippen LogP contribution in [0.15, 0.2) is 85.1 Å². The molecule has 2 unspecified atom stereocenters. The summed E-state index contributed by atoms with van der Waals surface area (Å²) in [5, 5.41) is 23.0. The SMILES string of the molecule is CC/C=C\C/C=C\C/C=C\C/C=C\C/C=C\C/C=C\CCCCCCCCC(=O)NC(CO)C(O)/C=C/CCCCCCCCCCCCCCCC. The molecule has 0 aromatic heterocycles. The zero-order valence-electron chi connectivity index (χ0n) is 34.8. The van der Waals surface area contributed by atoms with Gasteiger partial charge in [-0.15, -0.1) is 0 Å². The van der Waals surface area contributed by atoms with Crippen molar-refractivity contribution in [3.8, 4) is 0 Å². The lowest BCUT2D eigenvalue weighted by Gasteiger charge is -2.20. The number of carbonyl (C=O) groups is 1. The van der Waals surface area contributed by atoms with Crippen molar-refractivity contribution in [1.29, 1.82) is 0 Å². The van der Waals surface area contributed by atoms with Crippen LogP contribution >= 0.6 is 0 Å². The Morgan fingerprint density at radius 2 is 0.830 bits per heavy atom. The van der Waals surface area contributed by atoms with Crippen LogP contribution in [0.25, 0.3) is 0 Å². The molecule has 0 aromatic rings. The van der Waals surface area contributed by atoms with Crippen molar-refractivity contribution in [3.63, 3.8) is 0 Å². The summed E-state index contributed by atoms with van der Waals surface area (Å²) in [6.07, 6.45) is 64.0. The first-order valence-electron chi connectivity index (χ1n) is 22.3. The summed E-state index contributed by atoms with van der Waals surface area (Å²) < 4.78 is 0. The molecule has 2 atom stereocenters. The van der Waals surface area contributed by atoms with E-state index in [1.807, 2.05) is 6.08 Å². The third-order valence-corrected chi connectivity index (χ3v) is 9.63. The number of hydrogen-bond donors (Lipinski definition) is 3. The summed E-state index contributed by atoms with van der Waals surface area (Å²) >= 11 is 0. The number of aliphatic hydroxyl groups excluding tert-OH is 2. The lowest BCUT2D eigenvalue weighted by atomic mass is 10.0. The summed E-state index contributed by atoms with van der Waals surface area (Å²) in [7, 11) is 0. The molecule has 0 spiro atoms. The van der Waals surface area contributed by atoms with Gasteiger partial charge in [-0.2, -0.15) is 0 Å². The summed E-state index contributed by atoms with van der Waals surface area (Å²) in [5.41, 5.74) is 0. The molecular formula is C49H85NO3. The monoisotopic (exact) mass is 736 g/mol. The molecule has 0 saturated carbocycles. The average molecular weight is 736 g/mol. The van der Waals surface area contributed by atoms with Gasteiger partial charge >= 0.3 is 0 Å².